The first-order chi connectivity index (χ1) is 8.19. The summed E-state index contributed by atoms with van der Waals surface area (Å²) in [6, 6.07) is 1.44. The van der Waals surface area contributed by atoms with Crippen molar-refractivity contribution in [3.05, 3.63) is 0 Å². The van der Waals surface area contributed by atoms with Crippen LogP contribution in [0.5, 0.6) is 0 Å². The minimum absolute atomic E-state index is 0.704. The van der Waals surface area contributed by atoms with Gasteiger partial charge in [0.05, 0.1) is 0 Å². The van der Waals surface area contributed by atoms with Crippen LogP contribution in [0, 0.1) is 0 Å². The van der Waals surface area contributed by atoms with Crippen molar-refractivity contribution < 1.29 is 0 Å². The van der Waals surface area contributed by atoms with E-state index in [2.05, 4.69) is 42.8 Å². The molecule has 0 aromatic heterocycles. The Balaban J connectivity index is 2.29. The summed E-state index contributed by atoms with van der Waals surface area (Å²) in [5.41, 5.74) is 0. The molecule has 1 aliphatic heterocycles. The van der Waals surface area contributed by atoms with E-state index < -0.39 is 0 Å². The van der Waals surface area contributed by atoms with Crippen molar-refractivity contribution in [1.82, 2.24) is 15.1 Å². The maximum absolute atomic E-state index is 3.56. The molecule has 0 aliphatic carbocycles. The van der Waals surface area contributed by atoms with E-state index in [0.29, 0.717) is 6.04 Å². The Labute approximate surface area is 108 Å². The Morgan fingerprint density at radius 3 is 2.06 bits per heavy atom. The Bertz CT molecular complexity index is 186. The van der Waals surface area contributed by atoms with Crippen molar-refractivity contribution in [2.75, 3.05) is 39.3 Å². The quantitative estimate of drug-likeness (QED) is 0.686. The molecule has 0 radical (unpaired) electrons. The molecule has 1 rings (SSSR count). The van der Waals surface area contributed by atoms with Crippen molar-refractivity contribution >= 4 is 0 Å². The lowest BCUT2D eigenvalue weighted by Crippen LogP contribution is -2.54. The average Bonchev–Trinajstić information content (AvgIpc) is 2.35. The average molecular weight is 241 g/mol. The lowest BCUT2D eigenvalue weighted by Gasteiger charge is -2.40. The fourth-order valence-electron chi connectivity index (χ4n) is 2.60. The van der Waals surface area contributed by atoms with Crippen LogP contribution in [0.4, 0.5) is 0 Å². The smallest absolute Gasteiger partial charge is 0.0219 e. The molecule has 0 aromatic rings. The first-order valence-electron chi connectivity index (χ1n) is 7.37. The van der Waals surface area contributed by atoms with E-state index in [9.17, 15) is 0 Å². The van der Waals surface area contributed by atoms with Gasteiger partial charge in [-0.25, -0.2) is 0 Å². The number of hydrogen-bond acceptors (Lipinski definition) is 3. The van der Waals surface area contributed by atoms with Gasteiger partial charge in [0.1, 0.15) is 0 Å². The number of hydrogen-bond donors (Lipinski definition) is 1. The van der Waals surface area contributed by atoms with Crippen LogP contribution in [0.2, 0.25) is 0 Å². The lowest BCUT2D eigenvalue weighted by molar-refractivity contribution is 0.0762. The molecule has 1 saturated heterocycles. The van der Waals surface area contributed by atoms with Crippen LogP contribution in [0.1, 0.15) is 40.5 Å². The molecule has 0 saturated carbocycles. The van der Waals surface area contributed by atoms with E-state index in [1.165, 1.54) is 39.0 Å². The fraction of sp³-hybridized carbons (Fsp3) is 1.00. The van der Waals surface area contributed by atoms with Gasteiger partial charge in [0.25, 0.3) is 0 Å². The second-order valence-corrected chi connectivity index (χ2v) is 5.43. The van der Waals surface area contributed by atoms with E-state index in [4.69, 9.17) is 0 Å². The molecule has 0 bridgehead atoms. The van der Waals surface area contributed by atoms with Crippen molar-refractivity contribution in [1.29, 1.82) is 0 Å². The Morgan fingerprint density at radius 1 is 1.00 bits per heavy atom. The van der Waals surface area contributed by atoms with Gasteiger partial charge in [-0.1, -0.05) is 13.8 Å². The summed E-state index contributed by atoms with van der Waals surface area (Å²) in [4.78, 5) is 5.25. The third-order valence-electron chi connectivity index (χ3n) is 3.87. The topological polar surface area (TPSA) is 18.5 Å². The van der Waals surface area contributed by atoms with Crippen LogP contribution in [0.25, 0.3) is 0 Å². The van der Waals surface area contributed by atoms with Gasteiger partial charge in [-0.2, -0.15) is 0 Å². The van der Waals surface area contributed by atoms with Crippen molar-refractivity contribution in [3.63, 3.8) is 0 Å². The van der Waals surface area contributed by atoms with Gasteiger partial charge < -0.3 is 5.32 Å². The van der Waals surface area contributed by atoms with Crippen LogP contribution >= 0.6 is 0 Å². The zero-order chi connectivity index (χ0) is 12.7. The first-order valence-corrected chi connectivity index (χ1v) is 7.37. The van der Waals surface area contributed by atoms with E-state index in [1.54, 1.807) is 0 Å². The molecular weight excluding hydrogens is 210 g/mol. The Morgan fingerprint density at radius 2 is 1.59 bits per heavy atom. The zero-order valence-corrected chi connectivity index (χ0v) is 12.2. The molecule has 1 heterocycles. The summed E-state index contributed by atoms with van der Waals surface area (Å²) in [5.74, 6) is 0. The van der Waals surface area contributed by atoms with Crippen LogP contribution in [-0.2, 0) is 0 Å². The minimum atomic E-state index is 0.704. The molecule has 0 aromatic carbocycles. The number of piperazine rings is 1. The maximum Gasteiger partial charge on any atom is 0.0219 e. The highest BCUT2D eigenvalue weighted by Gasteiger charge is 2.23. The lowest BCUT2D eigenvalue weighted by atomic mass is 10.1. The summed E-state index contributed by atoms with van der Waals surface area (Å²) >= 11 is 0. The number of nitrogens with zero attached hydrogens (tertiary/aromatic N) is 2. The molecule has 3 heteroatoms. The molecule has 3 nitrogen and oxygen atoms in total. The molecule has 1 fully saturated rings. The van der Waals surface area contributed by atoms with Gasteiger partial charge in [-0.15, -0.1) is 0 Å². The van der Waals surface area contributed by atoms with Crippen LogP contribution < -0.4 is 5.32 Å². The van der Waals surface area contributed by atoms with Crippen LogP contribution in [0.15, 0.2) is 0 Å². The monoisotopic (exact) mass is 241 g/mol. The molecule has 1 unspecified atom stereocenters. The van der Waals surface area contributed by atoms with Gasteiger partial charge in [0.15, 0.2) is 0 Å². The summed E-state index contributed by atoms with van der Waals surface area (Å²) in [5, 5.41) is 3.56. The third kappa shape index (κ3) is 4.94. The van der Waals surface area contributed by atoms with Crippen LogP contribution in [-0.4, -0.2) is 61.2 Å². The molecule has 17 heavy (non-hydrogen) atoms. The predicted octanol–water partition coefficient (Wildman–Crippen LogP) is 1.79. The zero-order valence-electron chi connectivity index (χ0n) is 12.2. The highest BCUT2D eigenvalue weighted by molar-refractivity contribution is 4.80. The summed E-state index contributed by atoms with van der Waals surface area (Å²) in [6.45, 7) is 16.4. The highest BCUT2D eigenvalue weighted by Crippen LogP contribution is 2.10. The number of rotatable bonds is 7. The summed E-state index contributed by atoms with van der Waals surface area (Å²) < 4.78 is 0. The number of nitrogens with one attached hydrogen (secondary N) is 1. The second-order valence-electron chi connectivity index (χ2n) is 5.43. The molecule has 0 spiro atoms. The second kappa shape index (κ2) is 8.06. The van der Waals surface area contributed by atoms with Gasteiger partial charge in [-0.3, -0.25) is 9.80 Å². The van der Waals surface area contributed by atoms with Crippen LogP contribution in [0.3, 0.4) is 0 Å². The largest absolute Gasteiger partial charge is 0.315 e. The van der Waals surface area contributed by atoms with E-state index in [1.807, 2.05) is 0 Å². The Kier molecular flexibility index (Phi) is 7.09. The standard InChI is InChI=1S/C14H31N3/c1-5-7-15-12-14(6-2)17-10-8-16(9-11-17)13(3)4/h13-15H,5-12H2,1-4H3. The molecule has 0 amide bonds. The van der Waals surface area contributed by atoms with Gasteiger partial charge in [-0.05, 0) is 33.2 Å². The van der Waals surface area contributed by atoms with E-state index >= 15 is 0 Å². The molecular formula is C14H31N3. The third-order valence-corrected chi connectivity index (χ3v) is 3.87. The van der Waals surface area contributed by atoms with Gasteiger partial charge >= 0.3 is 0 Å². The predicted molar refractivity (Wildman–Crippen MR) is 75.5 cm³/mol. The Hall–Kier alpha value is -0.120. The van der Waals surface area contributed by atoms with E-state index in [0.717, 1.165) is 19.1 Å². The van der Waals surface area contributed by atoms with E-state index in [-0.39, 0.29) is 0 Å². The molecule has 1 aliphatic rings. The molecule has 1 atom stereocenters. The van der Waals surface area contributed by atoms with Gasteiger partial charge in [0, 0.05) is 44.8 Å². The van der Waals surface area contributed by atoms with Crippen molar-refractivity contribution in [3.8, 4) is 0 Å². The molecule has 102 valence electrons. The molecule has 1 N–H and O–H groups in total. The highest BCUT2D eigenvalue weighted by atomic mass is 15.3. The summed E-state index contributed by atoms with van der Waals surface area (Å²) in [7, 11) is 0. The van der Waals surface area contributed by atoms with Crippen molar-refractivity contribution in [2.24, 2.45) is 0 Å². The fourth-order valence-corrected chi connectivity index (χ4v) is 2.60. The maximum atomic E-state index is 3.56. The normalized spacial score (nSPS) is 21.0. The van der Waals surface area contributed by atoms with Gasteiger partial charge in [0.2, 0.25) is 0 Å². The summed E-state index contributed by atoms with van der Waals surface area (Å²) in [6.07, 6.45) is 2.50. The van der Waals surface area contributed by atoms with Crippen molar-refractivity contribution in [2.45, 2.75) is 52.6 Å². The SMILES string of the molecule is CCCNCC(CC)N1CCN(C(C)C)CC1. The first kappa shape index (κ1) is 14.9. The minimum Gasteiger partial charge on any atom is -0.315 e.